The van der Waals surface area contributed by atoms with E-state index in [0.717, 1.165) is 18.7 Å². The lowest BCUT2D eigenvalue weighted by molar-refractivity contribution is 0.0254. The zero-order chi connectivity index (χ0) is 11.6. The van der Waals surface area contributed by atoms with Crippen LogP contribution in [0.1, 0.15) is 38.3 Å². The molecular formula is C11H20N4O. The monoisotopic (exact) mass is 224 g/mol. The van der Waals surface area contributed by atoms with E-state index in [9.17, 15) is 5.11 Å². The van der Waals surface area contributed by atoms with Crippen molar-refractivity contribution in [2.75, 3.05) is 6.54 Å². The topological polar surface area (TPSA) is 63.0 Å². The van der Waals surface area contributed by atoms with Crippen LogP contribution in [0.25, 0.3) is 0 Å². The maximum absolute atomic E-state index is 10.5. The Hall–Kier alpha value is -0.940. The van der Waals surface area contributed by atoms with Crippen molar-refractivity contribution in [1.29, 1.82) is 0 Å². The van der Waals surface area contributed by atoms with Gasteiger partial charge in [0.15, 0.2) is 0 Å². The summed E-state index contributed by atoms with van der Waals surface area (Å²) in [6.45, 7) is 2.90. The van der Waals surface area contributed by atoms with Gasteiger partial charge >= 0.3 is 0 Å². The summed E-state index contributed by atoms with van der Waals surface area (Å²) in [4.78, 5) is 0. The molecule has 2 N–H and O–H groups in total. The number of aromatic nitrogens is 3. The molecule has 1 aliphatic rings. The Kier molecular flexibility index (Phi) is 3.25. The summed E-state index contributed by atoms with van der Waals surface area (Å²) in [5, 5.41) is 21.6. The van der Waals surface area contributed by atoms with Crippen LogP contribution in [0.4, 0.5) is 0 Å². The molecule has 0 bridgehead atoms. The number of hydrogen-bond donors (Lipinski definition) is 2. The minimum atomic E-state index is -0.854. The zero-order valence-electron chi connectivity index (χ0n) is 9.98. The van der Waals surface area contributed by atoms with Crippen LogP contribution in [0, 0.1) is 0 Å². The van der Waals surface area contributed by atoms with Gasteiger partial charge in [-0.1, -0.05) is 11.6 Å². The first-order chi connectivity index (χ1) is 7.59. The van der Waals surface area contributed by atoms with E-state index in [2.05, 4.69) is 15.6 Å². The molecule has 1 saturated heterocycles. The van der Waals surface area contributed by atoms with E-state index < -0.39 is 5.60 Å². The number of aliphatic hydroxyl groups is 1. The molecule has 0 aliphatic carbocycles. The first-order valence-electron chi connectivity index (χ1n) is 5.90. The third kappa shape index (κ3) is 2.41. The Labute approximate surface area is 95.8 Å². The van der Waals surface area contributed by atoms with E-state index in [1.807, 2.05) is 14.0 Å². The summed E-state index contributed by atoms with van der Waals surface area (Å²) in [5.41, 5.74) is -0.0763. The van der Waals surface area contributed by atoms with E-state index >= 15 is 0 Å². The smallest absolute Gasteiger partial charge is 0.106 e. The molecule has 0 spiro atoms. The van der Waals surface area contributed by atoms with Crippen molar-refractivity contribution in [3.8, 4) is 0 Å². The summed E-state index contributed by atoms with van der Waals surface area (Å²) in [6.07, 6.45) is 5.99. The number of nitrogens with zero attached hydrogens (tertiary/aromatic N) is 3. The Bertz CT molecular complexity index is 342. The fraction of sp³-hybridized carbons (Fsp3) is 0.818. The third-order valence-corrected chi connectivity index (χ3v) is 3.32. The zero-order valence-corrected chi connectivity index (χ0v) is 9.98. The average Bonchev–Trinajstić information content (AvgIpc) is 2.66. The summed E-state index contributed by atoms with van der Waals surface area (Å²) in [7, 11) is 1.81. The van der Waals surface area contributed by atoms with Crippen LogP contribution in [0.3, 0.4) is 0 Å². The third-order valence-electron chi connectivity index (χ3n) is 3.32. The molecule has 0 radical (unpaired) electrons. The fourth-order valence-corrected chi connectivity index (χ4v) is 2.46. The van der Waals surface area contributed by atoms with Crippen LogP contribution in [-0.4, -0.2) is 32.7 Å². The number of hydrogen-bond acceptors (Lipinski definition) is 4. The summed E-state index contributed by atoms with van der Waals surface area (Å²) in [6, 6.07) is 0.402. The number of piperidine rings is 1. The molecule has 1 fully saturated rings. The summed E-state index contributed by atoms with van der Waals surface area (Å²) in [5.74, 6) is 0. The first-order valence-corrected chi connectivity index (χ1v) is 5.90. The predicted octanol–water partition coefficient (Wildman–Crippen LogP) is 0.555. The van der Waals surface area contributed by atoms with Gasteiger partial charge in [0.25, 0.3) is 0 Å². The van der Waals surface area contributed by atoms with Gasteiger partial charge in [0.1, 0.15) is 5.60 Å². The van der Waals surface area contributed by atoms with Crippen LogP contribution < -0.4 is 5.32 Å². The second kappa shape index (κ2) is 4.51. The summed E-state index contributed by atoms with van der Waals surface area (Å²) < 4.78 is 1.64. The van der Waals surface area contributed by atoms with Gasteiger partial charge in [0.05, 0.1) is 11.9 Å². The van der Waals surface area contributed by atoms with E-state index in [1.165, 1.54) is 12.8 Å². The highest BCUT2D eigenvalue weighted by Gasteiger charge is 2.31. The molecule has 1 aromatic heterocycles. The van der Waals surface area contributed by atoms with Crippen molar-refractivity contribution in [3.05, 3.63) is 11.9 Å². The van der Waals surface area contributed by atoms with Gasteiger partial charge in [-0.2, -0.15) is 0 Å². The molecule has 1 aromatic rings. The second-order valence-electron chi connectivity index (χ2n) is 4.87. The minimum absolute atomic E-state index is 0.402. The minimum Gasteiger partial charge on any atom is -0.384 e. The van der Waals surface area contributed by atoms with E-state index in [0.29, 0.717) is 12.5 Å². The van der Waals surface area contributed by atoms with Crippen LogP contribution >= 0.6 is 0 Å². The highest BCUT2D eigenvalue weighted by atomic mass is 16.3. The van der Waals surface area contributed by atoms with Gasteiger partial charge in [-0.05, 0) is 32.7 Å². The number of aryl methyl sites for hydroxylation is 1. The normalized spacial score (nSPS) is 25.3. The molecule has 0 amide bonds. The predicted molar refractivity (Wildman–Crippen MR) is 60.8 cm³/mol. The van der Waals surface area contributed by atoms with Crippen molar-refractivity contribution in [2.24, 2.45) is 7.05 Å². The molecule has 2 unspecified atom stereocenters. The quantitative estimate of drug-likeness (QED) is 0.787. The van der Waals surface area contributed by atoms with E-state index in [-0.39, 0.29) is 0 Å². The highest BCUT2D eigenvalue weighted by Crippen LogP contribution is 2.27. The molecular weight excluding hydrogens is 204 g/mol. The molecule has 1 aliphatic heterocycles. The van der Waals surface area contributed by atoms with Gasteiger partial charge in [0.2, 0.25) is 0 Å². The first kappa shape index (κ1) is 11.5. The van der Waals surface area contributed by atoms with Crippen molar-refractivity contribution >= 4 is 0 Å². The molecule has 5 nitrogen and oxygen atoms in total. The number of rotatable bonds is 3. The molecule has 0 saturated carbocycles. The van der Waals surface area contributed by atoms with Crippen molar-refractivity contribution in [3.63, 3.8) is 0 Å². The molecule has 2 heterocycles. The van der Waals surface area contributed by atoms with Crippen LogP contribution in [0.15, 0.2) is 6.20 Å². The molecule has 90 valence electrons. The molecule has 2 rings (SSSR count). The molecule has 0 aromatic carbocycles. The maximum atomic E-state index is 10.5. The largest absolute Gasteiger partial charge is 0.384 e. The lowest BCUT2D eigenvalue weighted by atomic mass is 9.89. The Morgan fingerprint density at radius 3 is 3.00 bits per heavy atom. The van der Waals surface area contributed by atoms with Gasteiger partial charge in [-0.3, -0.25) is 0 Å². The molecule has 16 heavy (non-hydrogen) atoms. The molecule has 5 heteroatoms. The SMILES string of the molecule is Cn1nncc1C(C)(O)CC1CCCCN1. The highest BCUT2D eigenvalue weighted by molar-refractivity contribution is 5.07. The van der Waals surface area contributed by atoms with Crippen LogP contribution in [-0.2, 0) is 12.6 Å². The van der Waals surface area contributed by atoms with E-state index in [4.69, 9.17) is 0 Å². The fourth-order valence-electron chi connectivity index (χ4n) is 2.46. The van der Waals surface area contributed by atoms with E-state index in [1.54, 1.807) is 10.9 Å². The second-order valence-corrected chi connectivity index (χ2v) is 4.87. The maximum Gasteiger partial charge on any atom is 0.106 e. The molecule has 2 atom stereocenters. The lowest BCUT2D eigenvalue weighted by Gasteiger charge is -2.31. The van der Waals surface area contributed by atoms with Crippen molar-refractivity contribution in [2.45, 2.75) is 44.2 Å². The van der Waals surface area contributed by atoms with Gasteiger partial charge in [0, 0.05) is 13.1 Å². The lowest BCUT2D eigenvalue weighted by Crippen LogP contribution is -2.40. The van der Waals surface area contributed by atoms with Gasteiger partial charge < -0.3 is 10.4 Å². The Balaban J connectivity index is 2.04. The summed E-state index contributed by atoms with van der Waals surface area (Å²) >= 11 is 0. The van der Waals surface area contributed by atoms with Gasteiger partial charge in [-0.25, -0.2) is 4.68 Å². The van der Waals surface area contributed by atoms with Gasteiger partial charge in [-0.15, -0.1) is 5.10 Å². The average molecular weight is 224 g/mol. The standard InChI is InChI=1S/C11H20N4O/c1-11(16,10-8-13-14-15(10)2)7-9-5-3-4-6-12-9/h8-9,12,16H,3-7H2,1-2H3. The number of nitrogens with one attached hydrogen (secondary N) is 1. The van der Waals surface area contributed by atoms with Crippen molar-refractivity contribution in [1.82, 2.24) is 20.3 Å². The van der Waals surface area contributed by atoms with Crippen LogP contribution in [0.5, 0.6) is 0 Å². The van der Waals surface area contributed by atoms with Crippen LogP contribution in [0.2, 0.25) is 0 Å². The Morgan fingerprint density at radius 2 is 2.44 bits per heavy atom. The van der Waals surface area contributed by atoms with Crippen molar-refractivity contribution < 1.29 is 5.11 Å². The Morgan fingerprint density at radius 1 is 1.62 bits per heavy atom.